The number of esters is 1. The molecule has 1 saturated heterocycles. The highest BCUT2D eigenvalue weighted by atomic mass is 19.4. The number of ether oxygens (including phenoxy) is 2. The van der Waals surface area contributed by atoms with Gasteiger partial charge in [0.1, 0.15) is 11.8 Å². The fraction of sp³-hybridized carbons (Fsp3) is 0.438. The summed E-state index contributed by atoms with van der Waals surface area (Å²) < 4.78 is 47.9. The van der Waals surface area contributed by atoms with Crippen molar-refractivity contribution in [3.05, 3.63) is 24.3 Å². The first-order valence-corrected chi connectivity index (χ1v) is 7.61. The van der Waals surface area contributed by atoms with Gasteiger partial charge >= 0.3 is 18.1 Å². The fourth-order valence-electron chi connectivity index (χ4n) is 2.67. The Kier molecular flexibility index (Phi) is 5.43. The summed E-state index contributed by atoms with van der Waals surface area (Å²) in [6.07, 6.45) is -5.16. The van der Waals surface area contributed by atoms with Crippen LogP contribution in [0.25, 0.3) is 0 Å². The van der Waals surface area contributed by atoms with Gasteiger partial charge in [0, 0.05) is 12.7 Å². The lowest BCUT2D eigenvalue weighted by atomic mass is 9.92. The maximum atomic E-state index is 12.7. The van der Waals surface area contributed by atoms with Crippen LogP contribution in [0, 0.1) is 0 Å². The van der Waals surface area contributed by atoms with Gasteiger partial charge in [-0.3, -0.25) is 14.5 Å². The molecular formula is C16H17F3N2O5. The molecule has 2 unspecified atom stereocenters. The number of carbonyl (C=O) groups is 3. The van der Waals surface area contributed by atoms with Gasteiger partial charge in [-0.05, 0) is 31.2 Å². The standard InChI is InChI=1S/C16H17F3N2O5/c1-4-26-14(23)12-11(20(2)15(24)16(17,18)19)13(22)21(12)9-5-7-10(25-3)8-6-9/h5-8,11-12H,4H2,1-3H3. The van der Waals surface area contributed by atoms with Crippen LogP contribution >= 0.6 is 0 Å². The first-order valence-electron chi connectivity index (χ1n) is 7.61. The monoisotopic (exact) mass is 374 g/mol. The molecule has 2 amide bonds. The van der Waals surface area contributed by atoms with Gasteiger partial charge in [-0.15, -0.1) is 0 Å². The van der Waals surface area contributed by atoms with Crippen molar-refractivity contribution in [2.45, 2.75) is 25.2 Å². The van der Waals surface area contributed by atoms with E-state index in [4.69, 9.17) is 9.47 Å². The molecule has 0 spiro atoms. The number of benzene rings is 1. The molecule has 1 heterocycles. The van der Waals surface area contributed by atoms with Gasteiger partial charge < -0.3 is 14.4 Å². The quantitative estimate of drug-likeness (QED) is 0.575. The molecular weight excluding hydrogens is 357 g/mol. The van der Waals surface area contributed by atoms with E-state index in [1.807, 2.05) is 0 Å². The molecule has 0 aliphatic carbocycles. The normalized spacial score (nSPS) is 19.6. The fourth-order valence-corrected chi connectivity index (χ4v) is 2.67. The zero-order chi connectivity index (χ0) is 19.6. The van der Waals surface area contributed by atoms with Crippen LogP contribution in [0.4, 0.5) is 18.9 Å². The van der Waals surface area contributed by atoms with E-state index in [1.54, 1.807) is 0 Å². The van der Waals surface area contributed by atoms with Crippen LogP contribution in [0.3, 0.4) is 0 Å². The Morgan fingerprint density at radius 1 is 1.23 bits per heavy atom. The highest BCUT2D eigenvalue weighted by Gasteiger charge is 2.58. The summed E-state index contributed by atoms with van der Waals surface area (Å²) in [6, 6.07) is 3.05. The molecule has 1 aliphatic heterocycles. The number of β-lactam (4-membered cyclic amide) rings is 1. The van der Waals surface area contributed by atoms with Crippen LogP contribution in [0.5, 0.6) is 5.75 Å². The smallest absolute Gasteiger partial charge is 0.471 e. The van der Waals surface area contributed by atoms with Gasteiger partial charge in [0.2, 0.25) is 0 Å². The molecule has 10 heteroatoms. The lowest BCUT2D eigenvalue weighted by molar-refractivity contribution is -0.189. The molecule has 0 N–H and O–H groups in total. The predicted octanol–water partition coefficient (Wildman–Crippen LogP) is 1.36. The lowest BCUT2D eigenvalue weighted by Gasteiger charge is -2.48. The number of likely N-dealkylation sites (N-methyl/N-ethyl adjacent to an activating group) is 1. The van der Waals surface area contributed by atoms with E-state index in [0.717, 1.165) is 11.9 Å². The first kappa shape index (κ1) is 19.5. The van der Waals surface area contributed by atoms with Gasteiger partial charge in [0.15, 0.2) is 6.04 Å². The van der Waals surface area contributed by atoms with Crippen molar-refractivity contribution >= 4 is 23.5 Å². The molecule has 7 nitrogen and oxygen atoms in total. The summed E-state index contributed by atoms with van der Waals surface area (Å²) in [7, 11) is 2.27. The van der Waals surface area contributed by atoms with Crippen molar-refractivity contribution < 1.29 is 37.0 Å². The minimum atomic E-state index is -5.16. The average molecular weight is 374 g/mol. The molecule has 142 valence electrons. The Balaban J connectivity index is 2.34. The summed E-state index contributed by atoms with van der Waals surface area (Å²) in [5.74, 6) is -3.42. The number of halogens is 3. The van der Waals surface area contributed by atoms with E-state index in [-0.39, 0.29) is 17.2 Å². The number of amides is 2. The minimum Gasteiger partial charge on any atom is -0.497 e. The number of anilines is 1. The van der Waals surface area contributed by atoms with Crippen molar-refractivity contribution in [3.8, 4) is 5.75 Å². The molecule has 1 aromatic carbocycles. The predicted molar refractivity (Wildman–Crippen MR) is 83.5 cm³/mol. The second kappa shape index (κ2) is 7.22. The van der Waals surface area contributed by atoms with E-state index in [9.17, 15) is 27.6 Å². The number of carbonyl (C=O) groups excluding carboxylic acids is 3. The van der Waals surface area contributed by atoms with E-state index in [0.29, 0.717) is 5.75 Å². The Bertz CT molecular complexity index is 705. The zero-order valence-electron chi connectivity index (χ0n) is 14.2. The van der Waals surface area contributed by atoms with Gasteiger partial charge in [-0.2, -0.15) is 13.2 Å². The summed E-state index contributed by atoms with van der Waals surface area (Å²) in [5.41, 5.74) is 0.276. The Morgan fingerprint density at radius 3 is 2.27 bits per heavy atom. The average Bonchev–Trinajstić information content (AvgIpc) is 2.58. The molecule has 0 radical (unpaired) electrons. The van der Waals surface area contributed by atoms with Crippen LogP contribution < -0.4 is 9.64 Å². The number of alkyl halides is 3. The van der Waals surface area contributed by atoms with Crippen LogP contribution in [0.2, 0.25) is 0 Å². The van der Waals surface area contributed by atoms with Crippen LogP contribution in [-0.4, -0.2) is 61.7 Å². The van der Waals surface area contributed by atoms with Crippen molar-refractivity contribution in [1.82, 2.24) is 4.90 Å². The van der Waals surface area contributed by atoms with Crippen LogP contribution in [0.1, 0.15) is 6.92 Å². The Morgan fingerprint density at radius 2 is 1.81 bits per heavy atom. The molecule has 26 heavy (non-hydrogen) atoms. The summed E-state index contributed by atoms with van der Waals surface area (Å²) in [6.45, 7) is 1.50. The first-order chi connectivity index (χ1) is 12.1. The van der Waals surface area contributed by atoms with Gasteiger partial charge in [0.25, 0.3) is 5.91 Å². The SMILES string of the molecule is CCOC(=O)C1C(N(C)C(=O)C(F)(F)F)C(=O)N1c1ccc(OC)cc1. The van der Waals surface area contributed by atoms with Crippen molar-refractivity contribution in [2.75, 3.05) is 25.7 Å². The third kappa shape index (κ3) is 3.44. The molecule has 0 bridgehead atoms. The lowest BCUT2D eigenvalue weighted by Crippen LogP contribution is -2.74. The third-order valence-electron chi connectivity index (χ3n) is 3.93. The summed E-state index contributed by atoms with van der Waals surface area (Å²) in [4.78, 5) is 37.3. The molecule has 0 saturated carbocycles. The van der Waals surface area contributed by atoms with E-state index in [1.165, 1.54) is 38.3 Å². The van der Waals surface area contributed by atoms with Crippen molar-refractivity contribution in [2.24, 2.45) is 0 Å². The number of hydrogen-bond donors (Lipinski definition) is 0. The molecule has 1 aliphatic rings. The number of nitrogens with zero attached hydrogens (tertiary/aromatic N) is 2. The molecule has 0 aromatic heterocycles. The number of rotatable bonds is 5. The second-order valence-electron chi connectivity index (χ2n) is 5.46. The number of methoxy groups -OCH3 is 1. The maximum absolute atomic E-state index is 12.7. The Hall–Kier alpha value is -2.78. The topological polar surface area (TPSA) is 76.2 Å². The minimum absolute atomic E-state index is 0.0242. The molecule has 1 fully saturated rings. The summed E-state index contributed by atoms with van der Waals surface area (Å²) in [5, 5.41) is 0. The summed E-state index contributed by atoms with van der Waals surface area (Å²) >= 11 is 0. The highest BCUT2D eigenvalue weighted by Crippen LogP contribution is 2.34. The van der Waals surface area contributed by atoms with Gasteiger partial charge in [0.05, 0.1) is 13.7 Å². The molecule has 2 atom stereocenters. The Labute approximate surface area is 147 Å². The van der Waals surface area contributed by atoms with Crippen molar-refractivity contribution in [3.63, 3.8) is 0 Å². The van der Waals surface area contributed by atoms with Crippen LogP contribution in [0.15, 0.2) is 24.3 Å². The second-order valence-corrected chi connectivity index (χ2v) is 5.46. The van der Waals surface area contributed by atoms with E-state index in [2.05, 4.69) is 0 Å². The van der Waals surface area contributed by atoms with E-state index >= 15 is 0 Å². The number of hydrogen-bond acceptors (Lipinski definition) is 5. The zero-order valence-corrected chi connectivity index (χ0v) is 14.2. The highest BCUT2D eigenvalue weighted by molar-refractivity contribution is 6.14. The van der Waals surface area contributed by atoms with Crippen molar-refractivity contribution in [1.29, 1.82) is 0 Å². The van der Waals surface area contributed by atoms with Gasteiger partial charge in [-0.25, -0.2) is 4.79 Å². The molecule has 1 aromatic rings. The van der Waals surface area contributed by atoms with Crippen LogP contribution in [-0.2, 0) is 19.1 Å². The third-order valence-corrected chi connectivity index (χ3v) is 3.93. The van der Waals surface area contributed by atoms with E-state index < -0.39 is 36.0 Å². The largest absolute Gasteiger partial charge is 0.497 e. The van der Waals surface area contributed by atoms with Gasteiger partial charge in [-0.1, -0.05) is 0 Å². The molecule has 2 rings (SSSR count). The maximum Gasteiger partial charge on any atom is 0.471 e.